The molecule has 1 aromatic carbocycles. The standard InChI is InChI=1S/C14H18F2N2O/c1-9-6-11(17)4-5-18(9)14(19)8-10-2-3-12(15)13(16)7-10/h2-3,7,9,11H,4-6,8,17H2,1H3. The molecule has 104 valence electrons. The number of nitrogens with two attached hydrogens (primary N) is 1. The number of rotatable bonds is 2. The molecule has 1 fully saturated rings. The zero-order chi connectivity index (χ0) is 14.0. The number of benzene rings is 1. The summed E-state index contributed by atoms with van der Waals surface area (Å²) in [5, 5.41) is 0. The molecule has 0 aliphatic carbocycles. The molecule has 0 saturated carbocycles. The van der Waals surface area contributed by atoms with Crippen molar-refractivity contribution in [3.05, 3.63) is 35.4 Å². The molecular weight excluding hydrogens is 250 g/mol. The maximum atomic E-state index is 13.1. The summed E-state index contributed by atoms with van der Waals surface area (Å²) in [6.07, 6.45) is 1.66. The van der Waals surface area contributed by atoms with Crippen molar-refractivity contribution in [2.75, 3.05) is 6.54 Å². The Morgan fingerprint density at radius 3 is 2.79 bits per heavy atom. The van der Waals surface area contributed by atoms with Gasteiger partial charge in [-0.2, -0.15) is 0 Å². The van der Waals surface area contributed by atoms with Crippen molar-refractivity contribution in [2.45, 2.75) is 38.3 Å². The molecule has 1 aliphatic heterocycles. The van der Waals surface area contributed by atoms with E-state index < -0.39 is 11.6 Å². The van der Waals surface area contributed by atoms with E-state index in [1.54, 1.807) is 4.90 Å². The molecule has 3 nitrogen and oxygen atoms in total. The third kappa shape index (κ3) is 3.29. The van der Waals surface area contributed by atoms with Crippen molar-refractivity contribution in [3.8, 4) is 0 Å². The number of likely N-dealkylation sites (tertiary alicyclic amines) is 1. The highest BCUT2D eigenvalue weighted by atomic mass is 19.2. The third-order valence-electron chi connectivity index (χ3n) is 3.58. The summed E-state index contributed by atoms with van der Waals surface area (Å²) >= 11 is 0. The SMILES string of the molecule is CC1CC(N)CCN1C(=O)Cc1ccc(F)c(F)c1. The number of carbonyl (C=O) groups excluding carboxylic acids is 1. The van der Waals surface area contributed by atoms with Gasteiger partial charge in [0.15, 0.2) is 11.6 Å². The van der Waals surface area contributed by atoms with Crippen molar-refractivity contribution in [1.29, 1.82) is 0 Å². The number of nitrogens with zero attached hydrogens (tertiary/aromatic N) is 1. The highest BCUT2D eigenvalue weighted by Crippen LogP contribution is 2.18. The van der Waals surface area contributed by atoms with Gasteiger partial charge in [0.1, 0.15) is 0 Å². The Labute approximate surface area is 111 Å². The molecule has 5 heteroatoms. The minimum Gasteiger partial charge on any atom is -0.340 e. The van der Waals surface area contributed by atoms with E-state index in [4.69, 9.17) is 5.73 Å². The molecule has 2 atom stereocenters. The second kappa shape index (κ2) is 5.65. The van der Waals surface area contributed by atoms with E-state index in [0.29, 0.717) is 12.1 Å². The average molecular weight is 268 g/mol. The van der Waals surface area contributed by atoms with Crippen LogP contribution in [-0.4, -0.2) is 29.4 Å². The van der Waals surface area contributed by atoms with Gasteiger partial charge >= 0.3 is 0 Å². The topological polar surface area (TPSA) is 46.3 Å². The number of hydrogen-bond donors (Lipinski definition) is 1. The summed E-state index contributed by atoms with van der Waals surface area (Å²) in [4.78, 5) is 13.9. The summed E-state index contributed by atoms with van der Waals surface area (Å²) < 4.78 is 25.9. The van der Waals surface area contributed by atoms with Crippen LogP contribution in [0.25, 0.3) is 0 Å². The van der Waals surface area contributed by atoms with Crippen LogP contribution in [0.2, 0.25) is 0 Å². The van der Waals surface area contributed by atoms with Crippen molar-refractivity contribution >= 4 is 5.91 Å². The summed E-state index contributed by atoms with van der Waals surface area (Å²) in [7, 11) is 0. The number of piperidine rings is 1. The fourth-order valence-corrected chi connectivity index (χ4v) is 2.50. The minimum atomic E-state index is -0.918. The normalized spacial score (nSPS) is 23.5. The van der Waals surface area contributed by atoms with E-state index in [-0.39, 0.29) is 24.4 Å². The Morgan fingerprint density at radius 1 is 1.42 bits per heavy atom. The van der Waals surface area contributed by atoms with Crippen LogP contribution in [0.3, 0.4) is 0 Å². The van der Waals surface area contributed by atoms with Gasteiger partial charge in [0.2, 0.25) is 5.91 Å². The Morgan fingerprint density at radius 2 is 2.16 bits per heavy atom. The molecule has 19 heavy (non-hydrogen) atoms. The maximum Gasteiger partial charge on any atom is 0.227 e. The van der Waals surface area contributed by atoms with Gasteiger partial charge in [-0.25, -0.2) is 8.78 Å². The van der Waals surface area contributed by atoms with Gasteiger partial charge in [0.25, 0.3) is 0 Å². The van der Waals surface area contributed by atoms with Crippen LogP contribution in [0.1, 0.15) is 25.3 Å². The van der Waals surface area contributed by atoms with Crippen molar-refractivity contribution in [1.82, 2.24) is 4.90 Å². The third-order valence-corrected chi connectivity index (χ3v) is 3.58. The zero-order valence-electron chi connectivity index (χ0n) is 10.9. The largest absolute Gasteiger partial charge is 0.340 e. The van der Waals surface area contributed by atoms with Gasteiger partial charge in [0.05, 0.1) is 6.42 Å². The van der Waals surface area contributed by atoms with E-state index in [2.05, 4.69) is 0 Å². The van der Waals surface area contributed by atoms with Gasteiger partial charge in [-0.05, 0) is 37.5 Å². The lowest BCUT2D eigenvalue weighted by molar-refractivity contribution is -0.133. The van der Waals surface area contributed by atoms with Crippen LogP contribution in [-0.2, 0) is 11.2 Å². The molecule has 1 heterocycles. The molecule has 0 spiro atoms. The zero-order valence-corrected chi connectivity index (χ0v) is 10.9. The Kier molecular flexibility index (Phi) is 4.14. The summed E-state index contributed by atoms with van der Waals surface area (Å²) in [6.45, 7) is 2.59. The van der Waals surface area contributed by atoms with Crippen molar-refractivity contribution in [2.24, 2.45) is 5.73 Å². The first kappa shape index (κ1) is 13.9. The van der Waals surface area contributed by atoms with Crippen LogP contribution in [0.4, 0.5) is 8.78 Å². The molecule has 2 unspecified atom stereocenters. The first-order valence-electron chi connectivity index (χ1n) is 6.46. The lowest BCUT2D eigenvalue weighted by Gasteiger charge is -2.36. The molecule has 1 amide bonds. The number of halogens is 2. The molecule has 0 bridgehead atoms. The first-order valence-corrected chi connectivity index (χ1v) is 6.46. The quantitative estimate of drug-likeness (QED) is 0.889. The molecule has 2 rings (SSSR count). The molecule has 1 aromatic rings. The Hall–Kier alpha value is -1.49. The highest BCUT2D eigenvalue weighted by Gasteiger charge is 2.26. The Balaban J connectivity index is 2.02. The summed E-state index contributed by atoms with van der Waals surface area (Å²) in [5.74, 6) is -1.88. The molecular formula is C14H18F2N2O. The number of amides is 1. The molecule has 1 saturated heterocycles. The summed E-state index contributed by atoms with van der Waals surface area (Å²) in [6, 6.07) is 3.81. The first-order chi connectivity index (χ1) is 8.97. The van der Waals surface area contributed by atoms with Crippen LogP contribution in [0.15, 0.2) is 18.2 Å². The van der Waals surface area contributed by atoms with E-state index in [1.165, 1.54) is 6.07 Å². The van der Waals surface area contributed by atoms with Crippen LogP contribution in [0, 0.1) is 11.6 Å². The van der Waals surface area contributed by atoms with Gasteiger partial charge in [-0.15, -0.1) is 0 Å². The molecule has 0 aromatic heterocycles. The van der Waals surface area contributed by atoms with E-state index in [9.17, 15) is 13.6 Å². The fourth-order valence-electron chi connectivity index (χ4n) is 2.50. The second-order valence-electron chi connectivity index (χ2n) is 5.15. The van der Waals surface area contributed by atoms with Crippen LogP contribution < -0.4 is 5.73 Å². The lowest BCUT2D eigenvalue weighted by atomic mass is 9.98. The molecule has 0 radical (unpaired) electrons. The van der Waals surface area contributed by atoms with Crippen LogP contribution >= 0.6 is 0 Å². The van der Waals surface area contributed by atoms with Crippen molar-refractivity contribution < 1.29 is 13.6 Å². The van der Waals surface area contributed by atoms with Gasteiger partial charge in [-0.3, -0.25) is 4.79 Å². The van der Waals surface area contributed by atoms with Gasteiger partial charge in [-0.1, -0.05) is 6.07 Å². The Bertz CT molecular complexity index is 479. The van der Waals surface area contributed by atoms with Gasteiger partial charge < -0.3 is 10.6 Å². The van der Waals surface area contributed by atoms with Crippen LogP contribution in [0.5, 0.6) is 0 Å². The maximum absolute atomic E-state index is 13.1. The van der Waals surface area contributed by atoms with E-state index in [0.717, 1.165) is 25.0 Å². The van der Waals surface area contributed by atoms with E-state index >= 15 is 0 Å². The van der Waals surface area contributed by atoms with Gasteiger partial charge in [0, 0.05) is 18.6 Å². The highest BCUT2D eigenvalue weighted by molar-refractivity contribution is 5.79. The van der Waals surface area contributed by atoms with Crippen molar-refractivity contribution in [3.63, 3.8) is 0 Å². The van der Waals surface area contributed by atoms with E-state index in [1.807, 2.05) is 6.92 Å². The lowest BCUT2D eigenvalue weighted by Crippen LogP contribution is -2.48. The number of hydrogen-bond acceptors (Lipinski definition) is 2. The second-order valence-corrected chi connectivity index (χ2v) is 5.15. The molecule has 2 N–H and O–H groups in total. The predicted molar refractivity (Wildman–Crippen MR) is 68.4 cm³/mol. The smallest absolute Gasteiger partial charge is 0.227 e. The number of carbonyl (C=O) groups is 1. The fraction of sp³-hybridized carbons (Fsp3) is 0.500. The minimum absolute atomic E-state index is 0.0644. The monoisotopic (exact) mass is 268 g/mol. The summed E-state index contributed by atoms with van der Waals surface area (Å²) in [5.41, 5.74) is 6.34. The molecule has 1 aliphatic rings. The predicted octanol–water partition coefficient (Wildman–Crippen LogP) is 1.85. The average Bonchev–Trinajstić information content (AvgIpc) is 2.33.